The highest BCUT2D eigenvalue weighted by Gasteiger charge is 2.13. The van der Waals surface area contributed by atoms with Crippen molar-refractivity contribution in [1.82, 2.24) is 9.55 Å². The van der Waals surface area contributed by atoms with E-state index in [1.807, 2.05) is 22.8 Å². The first-order valence-corrected chi connectivity index (χ1v) is 8.73. The van der Waals surface area contributed by atoms with Gasteiger partial charge < -0.3 is 9.67 Å². The molecule has 0 spiro atoms. The molecular formula is C19H19FN2OS. The Bertz CT molecular complexity index is 832. The van der Waals surface area contributed by atoms with Crippen molar-refractivity contribution in [1.29, 1.82) is 0 Å². The number of thioether (sulfide) groups is 1. The molecule has 0 fully saturated rings. The van der Waals surface area contributed by atoms with Gasteiger partial charge in [-0.3, -0.25) is 0 Å². The Balaban J connectivity index is 1.83. The third-order valence-electron chi connectivity index (χ3n) is 3.97. The molecule has 0 atom stereocenters. The van der Waals surface area contributed by atoms with Gasteiger partial charge in [0, 0.05) is 11.3 Å². The first-order valence-electron chi connectivity index (χ1n) is 7.75. The van der Waals surface area contributed by atoms with Gasteiger partial charge in [-0.05, 0) is 24.1 Å². The zero-order valence-electron chi connectivity index (χ0n) is 13.4. The van der Waals surface area contributed by atoms with Gasteiger partial charge in [-0.25, -0.2) is 9.37 Å². The molecule has 124 valence electrons. The average molecular weight is 342 g/mol. The van der Waals surface area contributed by atoms with Crippen molar-refractivity contribution < 1.29 is 9.50 Å². The summed E-state index contributed by atoms with van der Waals surface area (Å²) in [7, 11) is 0. The first-order chi connectivity index (χ1) is 11.7. The van der Waals surface area contributed by atoms with Gasteiger partial charge >= 0.3 is 0 Å². The number of aromatic nitrogens is 2. The van der Waals surface area contributed by atoms with Crippen molar-refractivity contribution in [2.75, 3.05) is 0 Å². The molecule has 0 saturated carbocycles. The van der Waals surface area contributed by atoms with Gasteiger partial charge in [0.25, 0.3) is 0 Å². The normalized spacial score (nSPS) is 11.0. The molecule has 0 amide bonds. The third-order valence-corrected chi connectivity index (χ3v) is 5.01. The minimum absolute atomic E-state index is 0.119. The second-order valence-electron chi connectivity index (χ2n) is 5.58. The van der Waals surface area contributed by atoms with Crippen LogP contribution in [0.2, 0.25) is 0 Å². The van der Waals surface area contributed by atoms with E-state index in [0.29, 0.717) is 17.8 Å². The number of hydrogen-bond acceptors (Lipinski definition) is 3. The number of aryl methyl sites for hydroxylation is 1. The van der Waals surface area contributed by atoms with Gasteiger partial charge in [0.05, 0.1) is 25.0 Å². The molecule has 1 N–H and O–H groups in total. The molecule has 0 radical (unpaired) electrons. The monoisotopic (exact) mass is 342 g/mol. The van der Waals surface area contributed by atoms with E-state index in [4.69, 9.17) is 0 Å². The van der Waals surface area contributed by atoms with Crippen LogP contribution in [-0.2, 0) is 18.9 Å². The summed E-state index contributed by atoms with van der Waals surface area (Å²) in [5, 5.41) is 10.3. The van der Waals surface area contributed by atoms with Crippen molar-refractivity contribution in [3.05, 3.63) is 82.9 Å². The van der Waals surface area contributed by atoms with Crippen molar-refractivity contribution in [2.24, 2.45) is 0 Å². The maximum Gasteiger partial charge on any atom is 0.168 e. The smallest absolute Gasteiger partial charge is 0.168 e. The topological polar surface area (TPSA) is 38.1 Å². The molecule has 3 nitrogen and oxygen atoms in total. The van der Waals surface area contributed by atoms with E-state index in [1.54, 1.807) is 30.1 Å². The van der Waals surface area contributed by atoms with Crippen molar-refractivity contribution in [2.45, 2.75) is 31.0 Å². The first kappa shape index (κ1) is 16.7. The third kappa shape index (κ3) is 3.68. The lowest BCUT2D eigenvalue weighted by Gasteiger charge is -2.12. The van der Waals surface area contributed by atoms with Crippen LogP contribution in [0.25, 0.3) is 0 Å². The van der Waals surface area contributed by atoms with Gasteiger partial charge in [-0.1, -0.05) is 54.2 Å². The van der Waals surface area contributed by atoms with Crippen LogP contribution in [0.15, 0.2) is 59.9 Å². The Morgan fingerprint density at radius 1 is 1.08 bits per heavy atom. The number of benzene rings is 2. The lowest BCUT2D eigenvalue weighted by molar-refractivity contribution is 0.270. The van der Waals surface area contributed by atoms with Crippen molar-refractivity contribution >= 4 is 11.8 Å². The fourth-order valence-electron chi connectivity index (χ4n) is 2.51. The Morgan fingerprint density at radius 2 is 1.79 bits per heavy atom. The Kier molecular flexibility index (Phi) is 5.33. The summed E-state index contributed by atoms with van der Waals surface area (Å²) >= 11 is 1.59. The lowest BCUT2D eigenvalue weighted by Crippen LogP contribution is -2.07. The van der Waals surface area contributed by atoms with Gasteiger partial charge in [-0.15, -0.1) is 0 Å². The number of imidazole rings is 1. The van der Waals surface area contributed by atoms with Gasteiger partial charge in [-0.2, -0.15) is 0 Å². The van der Waals surface area contributed by atoms with Crippen LogP contribution in [0.4, 0.5) is 4.39 Å². The Hall–Kier alpha value is -2.11. The summed E-state index contributed by atoms with van der Waals surface area (Å²) in [4.78, 5) is 4.40. The molecule has 3 rings (SSSR count). The SMILES string of the molecule is Cc1ccccc1CSc1ncc(CO)n1Cc1ccccc1F. The van der Waals surface area contributed by atoms with E-state index in [9.17, 15) is 9.50 Å². The van der Waals surface area contributed by atoms with Crippen molar-refractivity contribution in [3.8, 4) is 0 Å². The maximum absolute atomic E-state index is 13.9. The molecule has 24 heavy (non-hydrogen) atoms. The predicted molar refractivity (Wildman–Crippen MR) is 94.4 cm³/mol. The average Bonchev–Trinajstić information content (AvgIpc) is 2.98. The van der Waals surface area contributed by atoms with E-state index in [-0.39, 0.29) is 12.4 Å². The van der Waals surface area contributed by atoms with E-state index >= 15 is 0 Å². The molecule has 0 saturated heterocycles. The number of hydrogen-bond donors (Lipinski definition) is 1. The molecule has 0 unspecified atom stereocenters. The van der Waals surface area contributed by atoms with Crippen LogP contribution in [0.3, 0.4) is 0 Å². The number of aliphatic hydroxyl groups is 1. The number of halogens is 1. The summed E-state index contributed by atoms with van der Waals surface area (Å²) in [6.07, 6.45) is 1.65. The summed E-state index contributed by atoms with van der Waals surface area (Å²) in [5.41, 5.74) is 3.75. The predicted octanol–water partition coefficient (Wildman–Crippen LogP) is 4.16. The fraction of sp³-hybridized carbons (Fsp3) is 0.211. The number of rotatable bonds is 6. The number of aliphatic hydroxyl groups excluding tert-OH is 1. The Morgan fingerprint density at radius 3 is 2.50 bits per heavy atom. The standard InChI is InChI=1S/C19H19FN2OS/c1-14-6-2-3-8-16(14)13-24-19-21-10-17(12-23)22(19)11-15-7-4-5-9-18(15)20/h2-10,23H,11-13H2,1H3. The van der Waals surface area contributed by atoms with E-state index in [2.05, 4.69) is 24.0 Å². The summed E-state index contributed by atoms with van der Waals surface area (Å²) in [6.45, 7) is 2.33. The Labute approximate surface area is 145 Å². The molecule has 3 aromatic rings. The summed E-state index contributed by atoms with van der Waals surface area (Å²) in [5.74, 6) is 0.538. The van der Waals surface area contributed by atoms with Crippen LogP contribution in [-0.4, -0.2) is 14.7 Å². The molecule has 0 aliphatic heterocycles. The summed E-state index contributed by atoms with van der Waals surface area (Å²) in [6, 6.07) is 14.9. The molecule has 1 heterocycles. The fourth-order valence-corrected chi connectivity index (χ4v) is 3.59. The van der Waals surface area contributed by atoms with Gasteiger partial charge in [0.1, 0.15) is 5.82 Å². The zero-order chi connectivity index (χ0) is 16.9. The largest absolute Gasteiger partial charge is 0.390 e. The molecule has 5 heteroatoms. The summed E-state index contributed by atoms with van der Waals surface area (Å²) < 4.78 is 15.8. The van der Waals surface area contributed by atoms with Crippen LogP contribution >= 0.6 is 11.8 Å². The van der Waals surface area contributed by atoms with Crippen LogP contribution in [0.1, 0.15) is 22.4 Å². The lowest BCUT2D eigenvalue weighted by atomic mass is 10.1. The molecule has 0 aliphatic rings. The van der Waals surface area contributed by atoms with Gasteiger partial charge in [0.2, 0.25) is 0 Å². The molecule has 0 aliphatic carbocycles. The van der Waals surface area contributed by atoms with E-state index in [0.717, 1.165) is 10.9 Å². The highest BCUT2D eigenvalue weighted by molar-refractivity contribution is 7.98. The quantitative estimate of drug-likeness (QED) is 0.684. The van der Waals surface area contributed by atoms with E-state index in [1.165, 1.54) is 17.2 Å². The molecule has 1 aromatic heterocycles. The highest BCUT2D eigenvalue weighted by atomic mass is 32.2. The molecular weight excluding hydrogens is 323 g/mol. The van der Waals surface area contributed by atoms with Gasteiger partial charge in [0.15, 0.2) is 5.16 Å². The molecule has 0 bridgehead atoms. The highest BCUT2D eigenvalue weighted by Crippen LogP contribution is 2.25. The van der Waals surface area contributed by atoms with Crippen LogP contribution < -0.4 is 0 Å². The van der Waals surface area contributed by atoms with Crippen molar-refractivity contribution in [3.63, 3.8) is 0 Å². The minimum Gasteiger partial charge on any atom is -0.390 e. The zero-order valence-corrected chi connectivity index (χ0v) is 14.3. The maximum atomic E-state index is 13.9. The minimum atomic E-state index is -0.245. The molecule has 2 aromatic carbocycles. The van der Waals surface area contributed by atoms with E-state index < -0.39 is 0 Å². The van der Waals surface area contributed by atoms with Crippen LogP contribution in [0, 0.1) is 12.7 Å². The number of nitrogens with zero attached hydrogens (tertiary/aromatic N) is 2. The second kappa shape index (κ2) is 7.64. The second-order valence-corrected chi connectivity index (χ2v) is 6.53. The van der Waals surface area contributed by atoms with Crippen LogP contribution in [0.5, 0.6) is 0 Å².